The van der Waals surface area contributed by atoms with Gasteiger partial charge < -0.3 is 4.90 Å². The van der Waals surface area contributed by atoms with Crippen LogP contribution in [0.5, 0.6) is 0 Å². The van der Waals surface area contributed by atoms with Crippen LogP contribution in [0.2, 0.25) is 0 Å². The molecule has 1 aliphatic rings. The third-order valence-corrected chi connectivity index (χ3v) is 7.37. The molecule has 1 aromatic heterocycles. The molecule has 1 aliphatic heterocycles. The molecular formula is C23H31N3O3S. The first-order valence-corrected chi connectivity index (χ1v) is 11.9. The maximum absolute atomic E-state index is 13.1. The van der Waals surface area contributed by atoms with Gasteiger partial charge >= 0.3 is 0 Å². The second kappa shape index (κ2) is 8.38. The fourth-order valence-electron chi connectivity index (χ4n) is 3.85. The average molecular weight is 430 g/mol. The highest BCUT2D eigenvalue weighted by atomic mass is 32.2. The Labute approximate surface area is 179 Å². The summed E-state index contributed by atoms with van der Waals surface area (Å²) in [5.41, 5.74) is 0.999. The lowest BCUT2D eigenvalue weighted by molar-refractivity contribution is 0.0981. The molecule has 6 nitrogen and oxygen atoms in total. The summed E-state index contributed by atoms with van der Waals surface area (Å²) in [5, 5.41) is 0. The molecule has 1 N–H and O–H groups in total. The van der Waals surface area contributed by atoms with Crippen LogP contribution in [0.15, 0.2) is 47.4 Å². The number of hydrogen-bond donors (Lipinski definition) is 1. The Balaban J connectivity index is 2.00. The van der Waals surface area contributed by atoms with Crippen molar-refractivity contribution in [2.24, 2.45) is 11.8 Å². The molecule has 1 amide bonds. The number of nitrogens with zero attached hydrogens (tertiary/aromatic N) is 2. The number of carbonyl (C=O) groups is 1. The van der Waals surface area contributed by atoms with Crippen molar-refractivity contribution in [3.05, 3.63) is 53.7 Å². The molecule has 3 rings (SSSR count). The first-order chi connectivity index (χ1) is 14.0. The molecule has 162 valence electrons. The number of hydrogen-bond acceptors (Lipinski definition) is 5. The minimum absolute atomic E-state index is 0.0550. The zero-order chi connectivity index (χ0) is 22.1. The van der Waals surface area contributed by atoms with E-state index in [1.807, 2.05) is 6.07 Å². The van der Waals surface area contributed by atoms with Crippen molar-refractivity contribution in [3.63, 3.8) is 0 Å². The Morgan fingerprint density at radius 1 is 1.20 bits per heavy atom. The summed E-state index contributed by atoms with van der Waals surface area (Å²) in [6.07, 6.45) is 1.79. The number of pyridine rings is 1. The topological polar surface area (TPSA) is 79.4 Å². The zero-order valence-corrected chi connectivity index (χ0v) is 19.2. The number of nitrogens with one attached hydrogen (secondary N) is 1. The minimum atomic E-state index is -3.96. The summed E-state index contributed by atoms with van der Waals surface area (Å²) in [6, 6.07) is 11.4. The van der Waals surface area contributed by atoms with E-state index in [0.717, 1.165) is 25.1 Å². The minimum Gasteiger partial charge on any atom is -0.351 e. The van der Waals surface area contributed by atoms with Gasteiger partial charge in [-0.15, -0.1) is 0 Å². The Bertz CT molecular complexity index is 1020. The average Bonchev–Trinajstić information content (AvgIpc) is 2.94. The first-order valence-electron chi connectivity index (χ1n) is 10.4. The molecule has 0 spiro atoms. The van der Waals surface area contributed by atoms with Crippen LogP contribution in [0, 0.1) is 11.8 Å². The molecule has 1 atom stereocenters. The SMILES string of the molecule is CC(C)Cc1ccc(C(=O)NS(=O)(=O)c2ccccc2)c(N2CCC(C)C2(C)C)n1. The van der Waals surface area contributed by atoms with Crippen molar-refractivity contribution < 1.29 is 13.2 Å². The van der Waals surface area contributed by atoms with E-state index < -0.39 is 15.9 Å². The molecule has 0 saturated carbocycles. The maximum Gasteiger partial charge on any atom is 0.268 e. The summed E-state index contributed by atoms with van der Waals surface area (Å²) >= 11 is 0. The van der Waals surface area contributed by atoms with Crippen LogP contribution in [-0.2, 0) is 16.4 Å². The lowest BCUT2D eigenvalue weighted by Gasteiger charge is -2.36. The van der Waals surface area contributed by atoms with Crippen molar-refractivity contribution in [2.45, 2.75) is 57.9 Å². The van der Waals surface area contributed by atoms with Gasteiger partial charge in [-0.05, 0) is 62.8 Å². The molecule has 7 heteroatoms. The third-order valence-electron chi connectivity index (χ3n) is 6.02. The van der Waals surface area contributed by atoms with Gasteiger partial charge in [0.1, 0.15) is 5.82 Å². The van der Waals surface area contributed by atoms with Crippen LogP contribution >= 0.6 is 0 Å². The smallest absolute Gasteiger partial charge is 0.268 e. The zero-order valence-electron chi connectivity index (χ0n) is 18.3. The molecule has 0 bridgehead atoms. The molecule has 0 aliphatic carbocycles. The van der Waals surface area contributed by atoms with E-state index >= 15 is 0 Å². The molecular weight excluding hydrogens is 398 g/mol. The van der Waals surface area contributed by atoms with Gasteiger partial charge in [-0.1, -0.05) is 39.0 Å². The number of aromatic nitrogens is 1. The van der Waals surface area contributed by atoms with Crippen molar-refractivity contribution in [1.82, 2.24) is 9.71 Å². The summed E-state index contributed by atoms with van der Waals surface area (Å²) in [5.74, 6) is 0.752. The highest BCUT2D eigenvalue weighted by molar-refractivity contribution is 7.90. The number of carbonyl (C=O) groups excluding carboxylic acids is 1. The lowest BCUT2D eigenvalue weighted by atomic mass is 9.90. The Kier molecular flexibility index (Phi) is 6.22. The molecule has 1 saturated heterocycles. The van der Waals surface area contributed by atoms with Crippen molar-refractivity contribution >= 4 is 21.7 Å². The third kappa shape index (κ3) is 4.51. The monoisotopic (exact) mass is 429 g/mol. The molecule has 1 aromatic carbocycles. The van der Waals surface area contributed by atoms with Gasteiger partial charge in [-0.3, -0.25) is 4.79 Å². The van der Waals surface area contributed by atoms with E-state index in [-0.39, 0.29) is 16.0 Å². The van der Waals surface area contributed by atoms with Gasteiger partial charge in [0.25, 0.3) is 15.9 Å². The summed E-state index contributed by atoms with van der Waals surface area (Å²) in [4.78, 5) is 20.1. The second-order valence-corrected chi connectivity index (χ2v) is 10.7. The van der Waals surface area contributed by atoms with E-state index in [9.17, 15) is 13.2 Å². The van der Waals surface area contributed by atoms with Gasteiger partial charge in [-0.2, -0.15) is 0 Å². The fourth-order valence-corrected chi connectivity index (χ4v) is 4.83. The summed E-state index contributed by atoms with van der Waals surface area (Å²) in [7, 11) is -3.96. The van der Waals surface area contributed by atoms with Gasteiger partial charge in [0, 0.05) is 17.8 Å². The number of anilines is 1. The van der Waals surface area contributed by atoms with Crippen LogP contribution in [0.3, 0.4) is 0 Å². The highest BCUT2D eigenvalue weighted by Gasteiger charge is 2.41. The van der Waals surface area contributed by atoms with Crippen molar-refractivity contribution in [1.29, 1.82) is 0 Å². The van der Waals surface area contributed by atoms with Crippen LogP contribution in [-0.4, -0.2) is 31.4 Å². The van der Waals surface area contributed by atoms with Crippen LogP contribution in [0.4, 0.5) is 5.82 Å². The fraction of sp³-hybridized carbons (Fsp3) is 0.478. The molecule has 2 heterocycles. The molecule has 30 heavy (non-hydrogen) atoms. The molecule has 1 unspecified atom stereocenters. The van der Waals surface area contributed by atoms with Gasteiger partial charge in [0.2, 0.25) is 0 Å². The molecule has 2 aromatic rings. The predicted molar refractivity (Wildman–Crippen MR) is 119 cm³/mol. The van der Waals surface area contributed by atoms with E-state index in [2.05, 4.69) is 44.2 Å². The van der Waals surface area contributed by atoms with E-state index in [0.29, 0.717) is 17.7 Å². The standard InChI is InChI=1S/C23H31N3O3S/c1-16(2)15-18-11-12-20(21(24-18)26-14-13-17(3)23(26,4)5)22(27)25-30(28,29)19-9-7-6-8-10-19/h6-12,16-17H,13-15H2,1-5H3,(H,25,27). The normalized spacial score (nSPS) is 18.6. The highest BCUT2D eigenvalue weighted by Crippen LogP contribution is 2.38. The lowest BCUT2D eigenvalue weighted by Crippen LogP contribution is -2.44. The number of amides is 1. The van der Waals surface area contributed by atoms with Crippen LogP contribution < -0.4 is 9.62 Å². The quantitative estimate of drug-likeness (QED) is 0.750. The van der Waals surface area contributed by atoms with E-state index in [1.165, 1.54) is 12.1 Å². The van der Waals surface area contributed by atoms with Gasteiger partial charge in [0.05, 0.1) is 10.5 Å². The van der Waals surface area contributed by atoms with Gasteiger partial charge in [0.15, 0.2) is 0 Å². The van der Waals surface area contributed by atoms with Crippen molar-refractivity contribution in [2.75, 3.05) is 11.4 Å². The van der Waals surface area contributed by atoms with Crippen LogP contribution in [0.1, 0.15) is 57.1 Å². The number of rotatable bonds is 6. The predicted octanol–water partition coefficient (Wildman–Crippen LogP) is 4.02. The maximum atomic E-state index is 13.1. The Morgan fingerprint density at radius 3 is 2.43 bits per heavy atom. The number of sulfonamides is 1. The summed E-state index contributed by atoms with van der Waals surface area (Å²) < 4.78 is 27.6. The van der Waals surface area contributed by atoms with E-state index in [1.54, 1.807) is 24.3 Å². The van der Waals surface area contributed by atoms with Gasteiger partial charge in [-0.25, -0.2) is 18.1 Å². The molecule has 0 radical (unpaired) electrons. The Morgan fingerprint density at radius 2 is 1.87 bits per heavy atom. The Hall–Kier alpha value is -2.41. The van der Waals surface area contributed by atoms with Crippen LogP contribution in [0.25, 0.3) is 0 Å². The molecule has 1 fully saturated rings. The largest absolute Gasteiger partial charge is 0.351 e. The first kappa shape index (κ1) is 22.3. The summed E-state index contributed by atoms with van der Waals surface area (Å²) in [6.45, 7) is 11.5. The number of benzene rings is 1. The second-order valence-electron chi connectivity index (χ2n) is 9.01. The van der Waals surface area contributed by atoms with Crippen molar-refractivity contribution in [3.8, 4) is 0 Å². The van der Waals surface area contributed by atoms with E-state index in [4.69, 9.17) is 4.98 Å².